The molecule has 1 amide bonds. The molecule has 0 spiro atoms. The molecule has 0 saturated carbocycles. The van der Waals surface area contributed by atoms with Gasteiger partial charge in [-0.05, 0) is 30.4 Å². The molecule has 0 aliphatic heterocycles. The number of nitrogens with zero attached hydrogens (tertiary/aromatic N) is 2. The minimum Gasteiger partial charge on any atom is -0.396 e. The van der Waals surface area contributed by atoms with Gasteiger partial charge in [0.1, 0.15) is 0 Å². The largest absolute Gasteiger partial charge is 0.396 e. The second-order valence-electron chi connectivity index (χ2n) is 6.77. The number of fused-ring (bicyclic) bond motifs is 1. The fraction of sp³-hybridized carbons (Fsp3) is 0.500. The van der Waals surface area contributed by atoms with Gasteiger partial charge >= 0.3 is 0 Å². The first-order valence-corrected chi connectivity index (χ1v) is 8.25. The van der Waals surface area contributed by atoms with Gasteiger partial charge in [0.05, 0.1) is 18.3 Å². The highest BCUT2D eigenvalue weighted by molar-refractivity contribution is 5.78. The number of aryl methyl sites for hydroxylation is 1. The van der Waals surface area contributed by atoms with Crippen molar-refractivity contribution in [2.45, 2.75) is 39.7 Å². The van der Waals surface area contributed by atoms with E-state index in [1.807, 2.05) is 32.0 Å². The Morgan fingerprint density at radius 2 is 2.08 bits per heavy atom. The topological polar surface area (TPSA) is 84.2 Å². The highest BCUT2D eigenvalue weighted by Crippen LogP contribution is 2.20. The van der Waals surface area contributed by atoms with Crippen molar-refractivity contribution in [3.05, 3.63) is 40.7 Å². The number of para-hydroxylation sites is 1. The van der Waals surface area contributed by atoms with E-state index in [2.05, 4.69) is 10.4 Å². The second kappa shape index (κ2) is 8.06. The molecule has 130 valence electrons. The van der Waals surface area contributed by atoms with Crippen molar-refractivity contribution < 1.29 is 9.90 Å². The van der Waals surface area contributed by atoms with Crippen LogP contribution in [0.4, 0.5) is 0 Å². The van der Waals surface area contributed by atoms with Crippen molar-refractivity contribution in [2.75, 3.05) is 13.2 Å². The van der Waals surface area contributed by atoms with E-state index in [1.54, 1.807) is 10.7 Å². The quantitative estimate of drug-likeness (QED) is 0.721. The molecule has 1 aromatic carbocycles. The summed E-state index contributed by atoms with van der Waals surface area (Å²) in [6, 6.07) is 7.26. The second-order valence-corrected chi connectivity index (χ2v) is 6.77. The molecule has 1 aromatic heterocycles. The van der Waals surface area contributed by atoms with Crippen LogP contribution in [0.3, 0.4) is 0 Å². The predicted octanol–water partition coefficient (Wildman–Crippen LogP) is 1.70. The molecule has 2 aromatic rings. The molecule has 2 rings (SSSR count). The summed E-state index contributed by atoms with van der Waals surface area (Å²) in [6.45, 7) is 5.17. The predicted molar refractivity (Wildman–Crippen MR) is 93.7 cm³/mol. The van der Waals surface area contributed by atoms with E-state index < -0.39 is 0 Å². The summed E-state index contributed by atoms with van der Waals surface area (Å²) in [5.41, 5.74) is 0.518. The minimum atomic E-state index is -0.113. The minimum absolute atomic E-state index is 0.0404. The highest BCUT2D eigenvalue weighted by Gasteiger charge is 2.15. The van der Waals surface area contributed by atoms with Gasteiger partial charge in [-0.1, -0.05) is 26.0 Å². The van der Waals surface area contributed by atoms with Gasteiger partial charge in [0.2, 0.25) is 11.3 Å². The molecule has 1 heterocycles. The molecule has 6 nitrogen and oxygen atoms in total. The smallest absolute Gasteiger partial charge is 0.221 e. The van der Waals surface area contributed by atoms with Gasteiger partial charge in [-0.2, -0.15) is 5.10 Å². The molecular formula is C18H25N3O3. The van der Waals surface area contributed by atoms with Gasteiger partial charge in [-0.3, -0.25) is 14.3 Å². The van der Waals surface area contributed by atoms with Gasteiger partial charge in [-0.25, -0.2) is 0 Å². The van der Waals surface area contributed by atoms with Crippen molar-refractivity contribution in [3.63, 3.8) is 0 Å². The normalized spacial score (nSPS) is 11.6. The Hall–Kier alpha value is -2.21. The number of carbonyl (C=O) groups excluding carboxylic acids is 1. The molecule has 24 heavy (non-hydrogen) atoms. The summed E-state index contributed by atoms with van der Waals surface area (Å²) in [4.78, 5) is 23.7. The first-order chi connectivity index (χ1) is 11.4. The Labute approximate surface area is 141 Å². The van der Waals surface area contributed by atoms with Gasteiger partial charge in [0.25, 0.3) is 0 Å². The average molecular weight is 331 g/mol. The molecule has 0 saturated heterocycles. The Bertz CT molecular complexity index is 753. The van der Waals surface area contributed by atoms with Gasteiger partial charge in [-0.15, -0.1) is 0 Å². The van der Waals surface area contributed by atoms with Crippen LogP contribution in [0.25, 0.3) is 10.9 Å². The number of benzene rings is 1. The molecule has 0 aliphatic rings. The zero-order valence-corrected chi connectivity index (χ0v) is 14.3. The lowest BCUT2D eigenvalue weighted by molar-refractivity contribution is -0.121. The third kappa shape index (κ3) is 4.89. The Morgan fingerprint density at radius 1 is 1.33 bits per heavy atom. The zero-order valence-electron chi connectivity index (χ0n) is 14.3. The van der Waals surface area contributed by atoms with Crippen LogP contribution in [0.2, 0.25) is 0 Å². The molecule has 0 unspecified atom stereocenters. The Balaban J connectivity index is 1.85. The number of rotatable bonds is 8. The summed E-state index contributed by atoms with van der Waals surface area (Å²) in [5.74, 6) is -0.0404. The van der Waals surface area contributed by atoms with Crippen LogP contribution in [0.5, 0.6) is 0 Å². The fourth-order valence-electron chi connectivity index (χ4n) is 2.51. The Kier molecular flexibility index (Phi) is 6.09. The highest BCUT2D eigenvalue weighted by atomic mass is 16.3. The maximum atomic E-state index is 12.0. The lowest BCUT2D eigenvalue weighted by Crippen LogP contribution is -2.27. The van der Waals surface area contributed by atoms with E-state index in [1.165, 1.54) is 6.20 Å². The Morgan fingerprint density at radius 3 is 2.83 bits per heavy atom. The molecule has 0 aliphatic carbocycles. The third-order valence-corrected chi connectivity index (χ3v) is 4.09. The number of aromatic nitrogens is 2. The number of amides is 1. The van der Waals surface area contributed by atoms with Gasteiger partial charge in [0, 0.05) is 25.0 Å². The van der Waals surface area contributed by atoms with Crippen molar-refractivity contribution >= 4 is 16.8 Å². The molecule has 0 atom stereocenters. The van der Waals surface area contributed by atoms with Crippen LogP contribution in [0, 0.1) is 5.41 Å². The lowest BCUT2D eigenvalue weighted by atomic mass is 9.89. The number of nitrogens with one attached hydrogen (secondary N) is 1. The summed E-state index contributed by atoms with van der Waals surface area (Å²) >= 11 is 0. The van der Waals surface area contributed by atoms with Gasteiger partial charge in [0.15, 0.2) is 0 Å². The van der Waals surface area contributed by atoms with E-state index in [0.717, 1.165) is 18.4 Å². The van der Waals surface area contributed by atoms with E-state index in [9.17, 15) is 14.7 Å². The van der Waals surface area contributed by atoms with Crippen LogP contribution < -0.4 is 10.7 Å². The standard InChI is InChI=1S/C18H25N3O3/c1-18(2,13-22)9-5-10-19-17(24)8-11-21-15-7-4-3-6-14(15)16(23)12-20-21/h3-4,6-7,12,22H,5,8-11,13H2,1-2H3,(H,19,24). The number of aliphatic hydroxyl groups is 1. The molecule has 0 fully saturated rings. The number of carbonyl (C=O) groups is 1. The summed E-state index contributed by atoms with van der Waals surface area (Å²) in [7, 11) is 0. The number of aliphatic hydroxyl groups excluding tert-OH is 1. The van der Waals surface area contributed by atoms with Crippen molar-refractivity contribution in [3.8, 4) is 0 Å². The fourth-order valence-corrected chi connectivity index (χ4v) is 2.51. The van der Waals surface area contributed by atoms with Gasteiger partial charge < -0.3 is 10.4 Å². The van der Waals surface area contributed by atoms with Crippen LogP contribution in [-0.4, -0.2) is 33.9 Å². The average Bonchev–Trinajstić information content (AvgIpc) is 2.58. The van der Waals surface area contributed by atoms with Crippen LogP contribution >= 0.6 is 0 Å². The molecule has 0 radical (unpaired) electrons. The first-order valence-electron chi connectivity index (χ1n) is 8.25. The summed E-state index contributed by atoms with van der Waals surface area (Å²) in [6.07, 6.45) is 3.29. The van der Waals surface area contributed by atoms with Crippen molar-refractivity contribution in [2.24, 2.45) is 5.41 Å². The van der Waals surface area contributed by atoms with Crippen molar-refractivity contribution in [1.29, 1.82) is 0 Å². The summed E-state index contributed by atoms with van der Waals surface area (Å²) in [5, 5.41) is 16.8. The van der Waals surface area contributed by atoms with E-state index in [4.69, 9.17) is 0 Å². The van der Waals surface area contributed by atoms with Crippen LogP contribution in [0.1, 0.15) is 33.1 Å². The number of hydrogen-bond donors (Lipinski definition) is 2. The van der Waals surface area contributed by atoms with Crippen molar-refractivity contribution in [1.82, 2.24) is 15.1 Å². The SMILES string of the molecule is CC(C)(CO)CCCNC(=O)CCn1ncc(=O)c2ccccc21. The molecule has 0 bridgehead atoms. The molecule has 6 heteroatoms. The first kappa shape index (κ1) is 18.1. The number of hydrogen-bond acceptors (Lipinski definition) is 4. The zero-order chi connectivity index (χ0) is 17.6. The van der Waals surface area contributed by atoms with Crippen LogP contribution in [0.15, 0.2) is 35.3 Å². The lowest BCUT2D eigenvalue weighted by Gasteiger charge is -2.21. The van der Waals surface area contributed by atoms with Crippen LogP contribution in [-0.2, 0) is 11.3 Å². The van der Waals surface area contributed by atoms with E-state index in [0.29, 0.717) is 24.9 Å². The van der Waals surface area contributed by atoms with E-state index >= 15 is 0 Å². The third-order valence-electron chi connectivity index (χ3n) is 4.09. The molecular weight excluding hydrogens is 306 g/mol. The maximum Gasteiger partial charge on any atom is 0.221 e. The maximum absolute atomic E-state index is 12.0. The van der Waals surface area contributed by atoms with E-state index in [-0.39, 0.29) is 23.4 Å². The molecule has 2 N–H and O–H groups in total. The summed E-state index contributed by atoms with van der Waals surface area (Å²) < 4.78 is 1.69. The monoisotopic (exact) mass is 331 g/mol.